The Bertz CT molecular complexity index is 2490. The summed E-state index contributed by atoms with van der Waals surface area (Å²) < 4.78 is 11.7. The van der Waals surface area contributed by atoms with Gasteiger partial charge in [-0.3, -0.25) is 9.59 Å². The van der Waals surface area contributed by atoms with Crippen LogP contribution < -0.4 is 10.6 Å². The summed E-state index contributed by atoms with van der Waals surface area (Å²) >= 11 is 3.28. The van der Waals surface area contributed by atoms with Gasteiger partial charge in [-0.1, -0.05) is 39.7 Å². The predicted octanol–water partition coefficient (Wildman–Crippen LogP) is 7.56. The van der Waals surface area contributed by atoms with Crippen molar-refractivity contribution in [1.82, 2.24) is 40.4 Å². The van der Waals surface area contributed by atoms with Crippen molar-refractivity contribution in [2.24, 2.45) is 11.8 Å². The third kappa shape index (κ3) is 9.53. The van der Waals surface area contributed by atoms with Crippen LogP contribution in [0.25, 0.3) is 31.6 Å². The number of nitrogens with one attached hydrogen (secondary N) is 4. The van der Waals surface area contributed by atoms with Crippen LogP contribution >= 0.6 is 47.5 Å². The van der Waals surface area contributed by atoms with Gasteiger partial charge in [0.1, 0.15) is 29.4 Å². The van der Waals surface area contributed by atoms with Gasteiger partial charge in [0.05, 0.1) is 58.5 Å². The summed E-state index contributed by atoms with van der Waals surface area (Å²) in [5.74, 6) is 13.1. The normalized spacial score (nSPS) is 16.9. The molecule has 0 aliphatic carbocycles. The highest BCUT2D eigenvalue weighted by Crippen LogP contribution is 2.41. The number of H-pyrrole nitrogens is 2. The summed E-state index contributed by atoms with van der Waals surface area (Å²) in [5, 5.41) is 9.57. The van der Waals surface area contributed by atoms with E-state index in [4.69, 9.17) is 14.5 Å². The number of nitrogens with zero attached hydrogens (tertiary/aromatic N) is 4. The van der Waals surface area contributed by atoms with Gasteiger partial charge >= 0.3 is 12.2 Å². The Hall–Kier alpha value is -5.26. The summed E-state index contributed by atoms with van der Waals surface area (Å²) in [6, 6.07) is 4.31. The quantitative estimate of drug-likeness (QED) is 0.110. The first kappa shape index (κ1) is 45.8. The van der Waals surface area contributed by atoms with Gasteiger partial charge in [-0.2, -0.15) is 0 Å². The number of amides is 4. The second kappa shape index (κ2) is 19.9. The van der Waals surface area contributed by atoms with E-state index in [-0.39, 0.29) is 60.5 Å². The second-order valence-electron chi connectivity index (χ2n) is 15.1. The Kier molecular flexibility index (Phi) is 15.2. The molecule has 0 spiro atoms. The molecule has 0 unspecified atom stereocenters. The van der Waals surface area contributed by atoms with Crippen LogP contribution in [-0.4, -0.2) is 93.1 Å². The molecule has 318 valence electrons. The SMILES string of the molecule is COC(=O)N[C@H](C(=O)N1CCC[C@H]1c1ncc(C#CC#Cc2csc3c(-c4ccc5nc([C@@H]6CCCN6C(=O)[C@@H](NC(=O)OC)C(C)C)[nH]c5c4)csc23)[nH]1)C(C)C.Cl.Cl. The molecule has 0 bridgehead atoms. The van der Waals surface area contributed by atoms with Gasteiger partial charge in [-0.05, 0) is 73.0 Å². The van der Waals surface area contributed by atoms with Gasteiger partial charge in [0.15, 0.2) is 0 Å². The van der Waals surface area contributed by atoms with Crippen molar-refractivity contribution < 1.29 is 28.7 Å². The Morgan fingerprint density at radius 3 is 1.98 bits per heavy atom. The number of rotatable bonds is 9. The van der Waals surface area contributed by atoms with E-state index in [1.807, 2.05) is 38.7 Å². The molecule has 4 atom stereocenters. The molecule has 5 aromatic rings. The van der Waals surface area contributed by atoms with E-state index in [1.54, 1.807) is 33.8 Å². The second-order valence-corrected chi connectivity index (χ2v) is 16.8. The molecular formula is C42H48Cl2N8O6S2. The average molecular weight is 896 g/mol. The van der Waals surface area contributed by atoms with Crippen LogP contribution in [0.1, 0.15) is 88.4 Å². The highest BCUT2D eigenvalue weighted by Gasteiger charge is 2.39. The minimum atomic E-state index is -0.703. The third-order valence-corrected chi connectivity index (χ3v) is 12.8. The number of carbonyl (C=O) groups is 4. The Balaban J connectivity index is 0.00000341. The smallest absolute Gasteiger partial charge is 0.407 e. The maximum Gasteiger partial charge on any atom is 0.407 e. The molecule has 2 aliphatic rings. The van der Waals surface area contributed by atoms with Gasteiger partial charge in [0.2, 0.25) is 11.8 Å². The van der Waals surface area contributed by atoms with Crippen molar-refractivity contribution in [3.05, 3.63) is 58.1 Å². The van der Waals surface area contributed by atoms with Crippen LogP contribution in [0.15, 0.2) is 35.2 Å². The van der Waals surface area contributed by atoms with Crippen molar-refractivity contribution in [3.8, 4) is 34.8 Å². The highest BCUT2D eigenvalue weighted by atomic mass is 35.5. The van der Waals surface area contributed by atoms with Gasteiger partial charge in [0, 0.05) is 29.4 Å². The molecule has 6 heterocycles. The standard InChI is InChI=1S/C42H46N8O6S2.2ClH/c1-23(2)33(47-41(53)55-5)39(51)49-17-9-13-31(49)37-43-20-27(44-37)12-8-7-11-26-21-57-36-28(22-58-35(26)36)25-15-16-29-30(19-25)46-38(45-29)32-14-10-18-50(32)40(52)34(24(3)4)48-42(54)56-6;;/h15-16,19-24,31-34H,9-10,13-14,17-18H2,1-6H3,(H,43,44)(H,45,46)(H,47,53)(H,48,54);2*1H/t31-,32-,33-,34-;;/m0../s1. The van der Waals surface area contributed by atoms with E-state index in [0.717, 1.165) is 68.6 Å². The molecule has 0 saturated carbocycles. The number of methoxy groups -OCH3 is 2. The molecule has 0 radical (unpaired) electrons. The lowest BCUT2D eigenvalue weighted by atomic mass is 10.0. The van der Waals surface area contributed by atoms with Crippen molar-refractivity contribution in [3.63, 3.8) is 0 Å². The predicted molar refractivity (Wildman–Crippen MR) is 237 cm³/mol. The molecule has 60 heavy (non-hydrogen) atoms. The average Bonchev–Trinajstić information content (AvgIpc) is 4.07. The fourth-order valence-corrected chi connectivity index (χ4v) is 9.93. The monoisotopic (exact) mass is 894 g/mol. The lowest BCUT2D eigenvalue weighted by molar-refractivity contribution is -0.136. The fourth-order valence-electron chi connectivity index (χ4n) is 7.61. The number of carbonyl (C=O) groups excluding carboxylic acids is 4. The lowest BCUT2D eigenvalue weighted by Gasteiger charge is -2.29. The Morgan fingerprint density at radius 2 is 1.38 bits per heavy atom. The number of fused-ring (bicyclic) bond motifs is 2. The van der Waals surface area contributed by atoms with Crippen LogP contribution in [0.3, 0.4) is 0 Å². The lowest BCUT2D eigenvalue weighted by Crippen LogP contribution is -2.51. The summed E-state index contributed by atoms with van der Waals surface area (Å²) in [7, 11) is 2.57. The van der Waals surface area contributed by atoms with Crippen molar-refractivity contribution in [2.45, 2.75) is 77.5 Å². The number of aromatic nitrogens is 4. The van der Waals surface area contributed by atoms with Crippen LogP contribution in [-0.2, 0) is 19.1 Å². The minimum Gasteiger partial charge on any atom is -0.453 e. The first-order valence-corrected chi connectivity index (χ1v) is 21.1. The topological polar surface area (TPSA) is 175 Å². The first-order chi connectivity index (χ1) is 28.0. The first-order valence-electron chi connectivity index (χ1n) is 19.3. The van der Waals surface area contributed by atoms with Crippen LogP contribution in [0.2, 0.25) is 0 Å². The van der Waals surface area contributed by atoms with Crippen molar-refractivity contribution in [2.75, 3.05) is 27.3 Å². The fraction of sp³-hybridized carbons (Fsp3) is 0.429. The third-order valence-electron chi connectivity index (χ3n) is 10.6. The number of aromatic amines is 2. The molecule has 14 nitrogen and oxygen atoms in total. The number of likely N-dealkylation sites (tertiary alicyclic amines) is 2. The number of imidazole rings is 2. The summed E-state index contributed by atoms with van der Waals surface area (Å²) in [6.07, 6.45) is 3.59. The molecule has 4 aromatic heterocycles. The Morgan fingerprint density at radius 1 is 0.800 bits per heavy atom. The molecule has 2 fully saturated rings. The maximum atomic E-state index is 13.6. The number of alkyl carbamates (subject to hydrolysis) is 2. The zero-order valence-electron chi connectivity index (χ0n) is 34.0. The number of hydrogen-bond acceptors (Lipinski definition) is 10. The zero-order valence-corrected chi connectivity index (χ0v) is 37.3. The molecular weight excluding hydrogens is 848 g/mol. The molecule has 7 rings (SSSR count). The van der Waals surface area contributed by atoms with Gasteiger partial charge in [-0.15, -0.1) is 47.5 Å². The molecule has 4 N–H and O–H groups in total. The van der Waals surface area contributed by atoms with E-state index in [2.05, 4.69) is 72.2 Å². The number of halogens is 2. The van der Waals surface area contributed by atoms with E-state index < -0.39 is 24.3 Å². The van der Waals surface area contributed by atoms with E-state index in [0.29, 0.717) is 24.6 Å². The van der Waals surface area contributed by atoms with Crippen molar-refractivity contribution >= 4 is 91.9 Å². The summed E-state index contributed by atoms with van der Waals surface area (Å²) in [6.45, 7) is 8.74. The minimum absolute atomic E-state index is 0. The van der Waals surface area contributed by atoms with Crippen LogP contribution in [0.4, 0.5) is 9.59 Å². The van der Waals surface area contributed by atoms with E-state index in [9.17, 15) is 19.2 Å². The van der Waals surface area contributed by atoms with Gasteiger partial charge in [-0.25, -0.2) is 19.6 Å². The molecule has 2 saturated heterocycles. The number of ether oxygens (including phenoxy) is 2. The number of hydrogen-bond donors (Lipinski definition) is 4. The summed E-state index contributed by atoms with van der Waals surface area (Å²) in [4.78, 5) is 70.8. The van der Waals surface area contributed by atoms with Crippen molar-refractivity contribution in [1.29, 1.82) is 0 Å². The Labute approximate surface area is 368 Å². The summed E-state index contributed by atoms with van der Waals surface area (Å²) in [5.41, 5.74) is 5.38. The zero-order chi connectivity index (χ0) is 41.1. The highest BCUT2D eigenvalue weighted by molar-refractivity contribution is 7.27. The maximum absolute atomic E-state index is 13.6. The van der Waals surface area contributed by atoms with Crippen LogP contribution in [0.5, 0.6) is 0 Å². The van der Waals surface area contributed by atoms with Crippen LogP contribution in [0, 0.1) is 35.5 Å². The molecule has 2 aliphatic heterocycles. The molecule has 4 amide bonds. The molecule has 18 heteroatoms. The van der Waals surface area contributed by atoms with E-state index in [1.165, 1.54) is 14.2 Å². The van der Waals surface area contributed by atoms with Gasteiger partial charge in [0.25, 0.3) is 0 Å². The van der Waals surface area contributed by atoms with Gasteiger partial charge < -0.3 is 39.9 Å². The largest absolute Gasteiger partial charge is 0.453 e. The molecule has 1 aromatic carbocycles. The number of benzene rings is 1. The number of thiophene rings is 2. The van der Waals surface area contributed by atoms with E-state index >= 15 is 0 Å².